The van der Waals surface area contributed by atoms with Gasteiger partial charge in [-0.3, -0.25) is 9.88 Å². The van der Waals surface area contributed by atoms with E-state index in [-0.39, 0.29) is 0 Å². The maximum atomic E-state index is 4.19. The summed E-state index contributed by atoms with van der Waals surface area (Å²) >= 11 is 5.26. The van der Waals surface area contributed by atoms with Crippen LogP contribution in [0.15, 0.2) is 40.4 Å². The highest BCUT2D eigenvalue weighted by Crippen LogP contribution is 2.24. The van der Waals surface area contributed by atoms with Gasteiger partial charge in [-0.05, 0) is 53.0 Å². The first kappa shape index (κ1) is 12.7. The Morgan fingerprint density at radius 2 is 2.29 bits per heavy atom. The third-order valence-electron chi connectivity index (χ3n) is 2.81. The van der Waals surface area contributed by atoms with Crippen LogP contribution < -0.4 is 0 Å². The highest BCUT2D eigenvalue weighted by atomic mass is 79.9. The molecule has 0 aliphatic rings. The molecule has 17 heavy (non-hydrogen) atoms. The van der Waals surface area contributed by atoms with Gasteiger partial charge >= 0.3 is 0 Å². The second-order valence-electron chi connectivity index (χ2n) is 4.12. The minimum atomic E-state index is 0.439. The number of rotatable bonds is 4. The van der Waals surface area contributed by atoms with Crippen molar-refractivity contribution in [1.82, 2.24) is 9.88 Å². The predicted molar refractivity (Wildman–Crippen MR) is 76.1 cm³/mol. The maximum Gasteiger partial charge on any atom is 0.0413 e. The molecule has 0 fully saturated rings. The summed E-state index contributed by atoms with van der Waals surface area (Å²) in [5.41, 5.74) is 1.23. The van der Waals surface area contributed by atoms with Crippen LogP contribution in [-0.4, -0.2) is 16.9 Å². The second-order valence-corrected chi connectivity index (χ2v) is 6.01. The van der Waals surface area contributed by atoms with Gasteiger partial charge < -0.3 is 0 Å². The van der Waals surface area contributed by atoms with Crippen LogP contribution in [0.2, 0.25) is 0 Å². The van der Waals surface area contributed by atoms with Crippen molar-refractivity contribution in [1.29, 1.82) is 0 Å². The quantitative estimate of drug-likeness (QED) is 0.845. The largest absolute Gasteiger partial charge is 0.295 e. The fourth-order valence-electron chi connectivity index (χ4n) is 1.71. The molecule has 0 aliphatic carbocycles. The molecule has 90 valence electrons. The molecule has 0 aromatic carbocycles. The third-order valence-corrected chi connectivity index (χ3v) is 4.29. The Morgan fingerprint density at radius 3 is 2.94 bits per heavy atom. The SMILES string of the molecule is CC(c1cccs1)N(C)Cc1cncc(Br)c1. The zero-order chi connectivity index (χ0) is 12.3. The first-order valence-electron chi connectivity index (χ1n) is 5.50. The molecule has 0 bridgehead atoms. The van der Waals surface area contributed by atoms with Crippen molar-refractivity contribution in [2.24, 2.45) is 0 Å². The highest BCUT2D eigenvalue weighted by Gasteiger charge is 2.12. The van der Waals surface area contributed by atoms with E-state index in [1.54, 1.807) is 11.3 Å². The lowest BCUT2D eigenvalue weighted by molar-refractivity contribution is 0.256. The van der Waals surface area contributed by atoms with E-state index < -0.39 is 0 Å². The van der Waals surface area contributed by atoms with Crippen molar-refractivity contribution in [3.05, 3.63) is 50.9 Å². The van der Waals surface area contributed by atoms with Gasteiger partial charge in [0.1, 0.15) is 0 Å². The van der Waals surface area contributed by atoms with Crippen molar-refractivity contribution >= 4 is 27.3 Å². The van der Waals surface area contributed by atoms with E-state index in [0.29, 0.717) is 6.04 Å². The maximum absolute atomic E-state index is 4.19. The van der Waals surface area contributed by atoms with Gasteiger partial charge in [-0.15, -0.1) is 11.3 Å². The normalized spacial score (nSPS) is 12.9. The molecule has 0 N–H and O–H groups in total. The molecule has 0 amide bonds. The summed E-state index contributed by atoms with van der Waals surface area (Å²) in [6.45, 7) is 3.14. The standard InChI is InChI=1S/C13H15BrN2S/c1-10(13-4-3-5-17-13)16(2)9-11-6-12(14)8-15-7-11/h3-8,10H,9H2,1-2H3. The van der Waals surface area contributed by atoms with E-state index in [1.807, 2.05) is 12.4 Å². The Kier molecular flexibility index (Phi) is 4.31. The lowest BCUT2D eigenvalue weighted by Crippen LogP contribution is -2.21. The first-order chi connectivity index (χ1) is 8.16. The van der Waals surface area contributed by atoms with E-state index in [0.717, 1.165) is 11.0 Å². The topological polar surface area (TPSA) is 16.1 Å². The molecular weight excluding hydrogens is 296 g/mol. The van der Waals surface area contributed by atoms with E-state index in [1.165, 1.54) is 10.4 Å². The molecule has 2 aromatic rings. The summed E-state index contributed by atoms with van der Waals surface area (Å²) < 4.78 is 1.03. The number of pyridine rings is 1. The van der Waals surface area contributed by atoms with E-state index >= 15 is 0 Å². The van der Waals surface area contributed by atoms with Crippen LogP contribution in [0, 0.1) is 0 Å². The Morgan fingerprint density at radius 1 is 1.47 bits per heavy atom. The molecule has 2 nitrogen and oxygen atoms in total. The fourth-order valence-corrected chi connectivity index (χ4v) is 2.97. The average molecular weight is 311 g/mol. The number of hydrogen-bond donors (Lipinski definition) is 0. The van der Waals surface area contributed by atoms with Gasteiger partial charge in [0.25, 0.3) is 0 Å². The second kappa shape index (κ2) is 5.76. The number of halogens is 1. The van der Waals surface area contributed by atoms with Crippen LogP contribution in [0.3, 0.4) is 0 Å². The molecule has 0 spiro atoms. The van der Waals surface area contributed by atoms with Crippen LogP contribution >= 0.6 is 27.3 Å². The summed E-state index contributed by atoms with van der Waals surface area (Å²) in [6.07, 6.45) is 3.73. The van der Waals surface area contributed by atoms with Gasteiger partial charge in [0, 0.05) is 34.3 Å². The summed E-state index contributed by atoms with van der Waals surface area (Å²) in [4.78, 5) is 7.92. The van der Waals surface area contributed by atoms with Crippen LogP contribution in [0.1, 0.15) is 23.4 Å². The van der Waals surface area contributed by atoms with Gasteiger partial charge in [0.15, 0.2) is 0 Å². The Hall–Kier alpha value is -0.710. The molecule has 1 unspecified atom stereocenters. The number of aromatic nitrogens is 1. The molecule has 1 atom stereocenters. The monoisotopic (exact) mass is 310 g/mol. The van der Waals surface area contributed by atoms with E-state index in [9.17, 15) is 0 Å². The summed E-state index contributed by atoms with van der Waals surface area (Å²) in [5.74, 6) is 0. The Balaban J connectivity index is 2.04. The fraction of sp³-hybridized carbons (Fsp3) is 0.308. The molecular formula is C13H15BrN2S. The van der Waals surface area contributed by atoms with Crippen LogP contribution in [-0.2, 0) is 6.54 Å². The molecule has 0 radical (unpaired) electrons. The zero-order valence-electron chi connectivity index (χ0n) is 9.93. The molecule has 0 saturated heterocycles. The average Bonchev–Trinajstić information content (AvgIpc) is 2.81. The van der Waals surface area contributed by atoms with Crippen LogP contribution in [0.25, 0.3) is 0 Å². The van der Waals surface area contributed by atoms with Crippen molar-refractivity contribution in [2.45, 2.75) is 19.5 Å². The minimum absolute atomic E-state index is 0.439. The number of thiophene rings is 1. The molecule has 2 aromatic heterocycles. The predicted octanol–water partition coefficient (Wildman–Crippen LogP) is 4.10. The van der Waals surface area contributed by atoms with Gasteiger partial charge in [-0.25, -0.2) is 0 Å². The van der Waals surface area contributed by atoms with Crippen molar-refractivity contribution < 1.29 is 0 Å². The Labute approximate surface area is 114 Å². The molecule has 0 saturated carbocycles. The van der Waals surface area contributed by atoms with Gasteiger partial charge in [0.2, 0.25) is 0 Å². The summed E-state index contributed by atoms with van der Waals surface area (Å²) in [6, 6.07) is 6.84. The van der Waals surface area contributed by atoms with Crippen LogP contribution in [0.4, 0.5) is 0 Å². The van der Waals surface area contributed by atoms with E-state index in [4.69, 9.17) is 0 Å². The number of nitrogens with zero attached hydrogens (tertiary/aromatic N) is 2. The molecule has 0 aliphatic heterocycles. The lowest BCUT2D eigenvalue weighted by atomic mass is 10.2. The first-order valence-corrected chi connectivity index (χ1v) is 7.17. The summed E-state index contributed by atoms with van der Waals surface area (Å²) in [7, 11) is 2.14. The molecule has 4 heteroatoms. The van der Waals surface area contributed by atoms with Crippen molar-refractivity contribution in [2.75, 3.05) is 7.05 Å². The summed E-state index contributed by atoms with van der Waals surface area (Å²) in [5, 5.41) is 2.13. The van der Waals surface area contributed by atoms with Crippen LogP contribution in [0.5, 0.6) is 0 Å². The van der Waals surface area contributed by atoms with Gasteiger partial charge in [0.05, 0.1) is 0 Å². The van der Waals surface area contributed by atoms with Gasteiger partial charge in [-0.2, -0.15) is 0 Å². The number of hydrogen-bond acceptors (Lipinski definition) is 3. The zero-order valence-corrected chi connectivity index (χ0v) is 12.3. The van der Waals surface area contributed by atoms with Crippen molar-refractivity contribution in [3.63, 3.8) is 0 Å². The van der Waals surface area contributed by atoms with Gasteiger partial charge in [-0.1, -0.05) is 6.07 Å². The smallest absolute Gasteiger partial charge is 0.0413 e. The molecule has 2 heterocycles. The molecule has 2 rings (SSSR count). The highest BCUT2D eigenvalue weighted by molar-refractivity contribution is 9.10. The lowest BCUT2D eigenvalue weighted by Gasteiger charge is -2.23. The van der Waals surface area contributed by atoms with E-state index in [2.05, 4.69) is 63.4 Å². The third kappa shape index (κ3) is 3.37. The Bertz CT molecular complexity index is 470. The minimum Gasteiger partial charge on any atom is -0.295 e. The van der Waals surface area contributed by atoms with Crippen molar-refractivity contribution in [3.8, 4) is 0 Å².